The second-order valence-corrected chi connectivity index (χ2v) is 6.43. The molecule has 27 heavy (non-hydrogen) atoms. The number of nitro benzene ring substituents is 1. The maximum Gasteiger partial charge on any atom is 0.274 e. The smallest absolute Gasteiger partial charge is 0.274 e. The van der Waals surface area contributed by atoms with E-state index in [9.17, 15) is 10.1 Å². The van der Waals surface area contributed by atoms with Crippen molar-refractivity contribution in [1.29, 1.82) is 0 Å². The van der Waals surface area contributed by atoms with Crippen molar-refractivity contribution in [2.45, 2.75) is 25.8 Å². The van der Waals surface area contributed by atoms with Gasteiger partial charge >= 0.3 is 0 Å². The molecule has 1 unspecified atom stereocenters. The van der Waals surface area contributed by atoms with Gasteiger partial charge in [-0.05, 0) is 18.9 Å². The molecule has 1 aromatic carbocycles. The molecule has 1 aliphatic heterocycles. The lowest BCUT2D eigenvalue weighted by Crippen LogP contribution is -2.40. The van der Waals surface area contributed by atoms with Gasteiger partial charge in [-0.2, -0.15) is 5.10 Å². The Morgan fingerprint density at radius 1 is 1.44 bits per heavy atom. The Morgan fingerprint density at radius 3 is 2.89 bits per heavy atom. The summed E-state index contributed by atoms with van der Waals surface area (Å²) in [6.45, 7) is 4.84. The van der Waals surface area contributed by atoms with E-state index < -0.39 is 0 Å². The quantitative estimate of drug-likeness (QED) is 0.232. The third-order valence-corrected chi connectivity index (χ3v) is 4.61. The number of aliphatic imine (C=N–C) groups is 1. The molecule has 0 amide bonds. The Labute approximate surface area is 175 Å². The van der Waals surface area contributed by atoms with Crippen LogP contribution in [0.1, 0.15) is 30.4 Å². The van der Waals surface area contributed by atoms with Gasteiger partial charge in [-0.15, -0.1) is 24.0 Å². The van der Waals surface area contributed by atoms with Gasteiger partial charge in [-0.3, -0.25) is 14.8 Å². The van der Waals surface area contributed by atoms with Gasteiger partial charge in [0, 0.05) is 44.9 Å². The van der Waals surface area contributed by atoms with Crippen LogP contribution in [0.15, 0.2) is 41.7 Å². The predicted octanol–water partition coefficient (Wildman–Crippen LogP) is 2.90. The summed E-state index contributed by atoms with van der Waals surface area (Å²) in [4.78, 5) is 17.7. The number of hydrogen-bond acceptors (Lipinski definition) is 4. The molecule has 0 bridgehead atoms. The molecule has 1 N–H and O–H groups in total. The molecule has 2 heterocycles. The number of nitro groups is 1. The number of aromatic nitrogens is 2. The number of likely N-dealkylation sites (tertiary alicyclic amines) is 1. The molecule has 1 aliphatic rings. The zero-order valence-electron chi connectivity index (χ0n) is 15.5. The second-order valence-electron chi connectivity index (χ2n) is 6.43. The van der Waals surface area contributed by atoms with E-state index in [1.165, 1.54) is 11.6 Å². The summed E-state index contributed by atoms with van der Waals surface area (Å²) in [6, 6.07) is 6.76. The van der Waals surface area contributed by atoms with Gasteiger partial charge < -0.3 is 10.2 Å². The minimum atomic E-state index is -0.355. The number of para-hydroxylation sites is 1. The molecule has 2 aromatic rings. The maximum absolute atomic E-state index is 11.2. The second kappa shape index (κ2) is 9.67. The summed E-state index contributed by atoms with van der Waals surface area (Å²) in [5.74, 6) is 1.23. The maximum atomic E-state index is 11.2. The monoisotopic (exact) mass is 484 g/mol. The number of hydrogen-bond donors (Lipinski definition) is 1. The van der Waals surface area contributed by atoms with Crippen molar-refractivity contribution >= 4 is 35.6 Å². The van der Waals surface area contributed by atoms with Crippen LogP contribution in [0.3, 0.4) is 0 Å². The average Bonchev–Trinajstić information content (AvgIpc) is 3.27. The normalized spacial score (nSPS) is 16.9. The van der Waals surface area contributed by atoms with E-state index in [1.54, 1.807) is 18.2 Å². The molecule has 146 valence electrons. The van der Waals surface area contributed by atoms with Gasteiger partial charge in [-0.1, -0.05) is 18.2 Å². The van der Waals surface area contributed by atoms with Gasteiger partial charge in [-0.25, -0.2) is 4.99 Å². The highest BCUT2D eigenvalue weighted by atomic mass is 127. The fourth-order valence-electron chi connectivity index (χ4n) is 3.28. The highest BCUT2D eigenvalue weighted by Gasteiger charge is 2.27. The highest BCUT2D eigenvalue weighted by Crippen LogP contribution is 2.27. The van der Waals surface area contributed by atoms with Gasteiger partial charge in [0.15, 0.2) is 5.96 Å². The van der Waals surface area contributed by atoms with Crippen LogP contribution in [0.4, 0.5) is 5.69 Å². The molecule has 1 saturated heterocycles. The van der Waals surface area contributed by atoms with Gasteiger partial charge in [0.1, 0.15) is 0 Å². The lowest BCUT2D eigenvalue weighted by atomic mass is 10.0. The fourth-order valence-corrected chi connectivity index (χ4v) is 3.28. The van der Waals surface area contributed by atoms with Crippen molar-refractivity contribution in [2.24, 2.45) is 12.0 Å². The number of nitrogens with zero attached hydrogens (tertiary/aromatic N) is 5. The van der Waals surface area contributed by atoms with Crippen molar-refractivity contribution in [3.63, 3.8) is 0 Å². The standard InChI is InChI=1S/C18H24N6O2.HI/c1-3-19-18(20-10-14-6-4-5-7-17(14)24(25)26)23-9-8-15(13-23)16-11-21-22(2)12-16;/h4-7,11-12,15H,3,8-10,13H2,1-2H3,(H,19,20);1H. The molecule has 3 rings (SSSR count). The summed E-state index contributed by atoms with van der Waals surface area (Å²) >= 11 is 0. The van der Waals surface area contributed by atoms with E-state index in [1.807, 2.05) is 24.9 Å². The van der Waals surface area contributed by atoms with Crippen molar-refractivity contribution < 1.29 is 4.92 Å². The van der Waals surface area contributed by atoms with E-state index in [0.29, 0.717) is 11.5 Å². The Bertz CT molecular complexity index is 807. The first-order valence-electron chi connectivity index (χ1n) is 8.82. The van der Waals surface area contributed by atoms with Crippen molar-refractivity contribution in [2.75, 3.05) is 19.6 Å². The molecule has 0 aliphatic carbocycles. The summed E-state index contributed by atoms with van der Waals surface area (Å²) in [5.41, 5.74) is 1.97. The summed E-state index contributed by atoms with van der Waals surface area (Å²) in [5, 5.41) is 18.7. The molecule has 9 heteroatoms. The Balaban J connectivity index is 0.00000261. The molecule has 0 saturated carbocycles. The first kappa shape index (κ1) is 21.1. The van der Waals surface area contributed by atoms with E-state index in [2.05, 4.69) is 26.5 Å². The molecule has 1 fully saturated rings. The van der Waals surface area contributed by atoms with Crippen molar-refractivity contribution in [3.8, 4) is 0 Å². The number of aryl methyl sites for hydroxylation is 1. The van der Waals surface area contributed by atoms with Gasteiger partial charge in [0.25, 0.3) is 5.69 Å². The molecular weight excluding hydrogens is 459 g/mol. The average molecular weight is 484 g/mol. The Kier molecular flexibility index (Phi) is 7.57. The van der Waals surface area contributed by atoms with Crippen LogP contribution < -0.4 is 5.32 Å². The lowest BCUT2D eigenvalue weighted by Gasteiger charge is -2.21. The van der Waals surface area contributed by atoms with Crippen LogP contribution >= 0.6 is 24.0 Å². The zero-order chi connectivity index (χ0) is 18.5. The van der Waals surface area contributed by atoms with Crippen molar-refractivity contribution in [3.05, 3.63) is 57.9 Å². The number of nitrogens with one attached hydrogen (secondary N) is 1. The van der Waals surface area contributed by atoms with Crippen LogP contribution in [-0.4, -0.2) is 45.2 Å². The number of rotatable bonds is 5. The summed E-state index contributed by atoms with van der Waals surface area (Å²) in [7, 11) is 1.93. The first-order valence-corrected chi connectivity index (χ1v) is 8.82. The van der Waals surface area contributed by atoms with Gasteiger partial charge in [0.05, 0.1) is 23.2 Å². The SMILES string of the molecule is CCNC(=NCc1ccccc1[N+](=O)[O-])N1CCC(c2cnn(C)c2)C1.I. The van der Waals surface area contributed by atoms with Crippen LogP contribution in [0, 0.1) is 10.1 Å². The third kappa shape index (κ3) is 5.18. The third-order valence-electron chi connectivity index (χ3n) is 4.61. The summed E-state index contributed by atoms with van der Waals surface area (Å²) in [6.07, 6.45) is 5.03. The lowest BCUT2D eigenvalue weighted by molar-refractivity contribution is -0.385. The first-order chi connectivity index (χ1) is 12.6. The molecular formula is C18H25IN6O2. The molecule has 1 atom stereocenters. The molecule has 0 radical (unpaired) electrons. The minimum Gasteiger partial charge on any atom is -0.357 e. The van der Waals surface area contributed by atoms with Crippen LogP contribution in [0.2, 0.25) is 0 Å². The molecule has 1 aromatic heterocycles. The van der Waals surface area contributed by atoms with E-state index in [4.69, 9.17) is 0 Å². The highest BCUT2D eigenvalue weighted by molar-refractivity contribution is 14.0. The minimum absolute atomic E-state index is 0. The number of guanidine groups is 1. The number of benzene rings is 1. The Morgan fingerprint density at radius 2 is 2.22 bits per heavy atom. The Hall–Kier alpha value is -2.17. The van der Waals surface area contributed by atoms with E-state index in [-0.39, 0.29) is 41.1 Å². The van der Waals surface area contributed by atoms with Gasteiger partial charge in [0.2, 0.25) is 0 Å². The van der Waals surface area contributed by atoms with E-state index in [0.717, 1.165) is 32.0 Å². The molecule has 0 spiro atoms. The predicted molar refractivity (Wildman–Crippen MR) is 115 cm³/mol. The largest absolute Gasteiger partial charge is 0.357 e. The van der Waals surface area contributed by atoms with Crippen LogP contribution in [0.5, 0.6) is 0 Å². The topological polar surface area (TPSA) is 88.6 Å². The van der Waals surface area contributed by atoms with Crippen LogP contribution in [-0.2, 0) is 13.6 Å². The fraction of sp³-hybridized carbons (Fsp3) is 0.444. The van der Waals surface area contributed by atoms with E-state index >= 15 is 0 Å². The van der Waals surface area contributed by atoms with Crippen LogP contribution in [0.25, 0.3) is 0 Å². The number of halogens is 1. The molecule has 8 nitrogen and oxygen atoms in total. The van der Waals surface area contributed by atoms with Crippen molar-refractivity contribution in [1.82, 2.24) is 20.0 Å². The summed E-state index contributed by atoms with van der Waals surface area (Å²) < 4.78 is 1.83. The zero-order valence-corrected chi connectivity index (χ0v) is 17.9.